The molecular weight excluding hydrogens is 467 g/mol. The van der Waals surface area contributed by atoms with Gasteiger partial charge < -0.3 is 10.1 Å². The van der Waals surface area contributed by atoms with Gasteiger partial charge in [-0.3, -0.25) is 4.79 Å². The second-order valence-electron chi connectivity index (χ2n) is 7.63. The van der Waals surface area contributed by atoms with Crippen molar-refractivity contribution in [1.29, 1.82) is 0 Å². The van der Waals surface area contributed by atoms with Gasteiger partial charge in [0.25, 0.3) is 5.91 Å². The first-order chi connectivity index (χ1) is 15.8. The van der Waals surface area contributed by atoms with Crippen LogP contribution in [0.4, 0.5) is 4.39 Å². The van der Waals surface area contributed by atoms with E-state index in [4.69, 9.17) is 16.3 Å². The highest BCUT2D eigenvalue weighted by Gasteiger charge is 2.27. The smallest absolute Gasteiger partial charge is 0.251 e. The molecule has 0 radical (unpaired) electrons. The molecule has 1 amide bonds. The molecule has 0 spiro atoms. The number of halogens is 2. The molecule has 172 valence electrons. The molecule has 0 fully saturated rings. The van der Waals surface area contributed by atoms with E-state index >= 15 is 0 Å². The summed E-state index contributed by atoms with van der Waals surface area (Å²) in [7, 11) is -3.68. The Balaban J connectivity index is 1.50. The van der Waals surface area contributed by atoms with Crippen LogP contribution in [0, 0.1) is 5.82 Å². The number of hydrogen-bond donors (Lipinski definition) is 1. The van der Waals surface area contributed by atoms with Crippen molar-refractivity contribution in [2.45, 2.75) is 18.8 Å². The molecule has 6 nitrogen and oxygen atoms in total. The maximum absolute atomic E-state index is 13.8. The zero-order valence-electron chi connectivity index (χ0n) is 17.6. The number of carbonyl (C=O) groups is 1. The van der Waals surface area contributed by atoms with Crippen molar-refractivity contribution in [1.82, 2.24) is 9.62 Å². The van der Waals surface area contributed by atoms with Crippen LogP contribution in [-0.4, -0.2) is 31.8 Å². The van der Waals surface area contributed by atoms with Crippen molar-refractivity contribution < 1.29 is 22.3 Å². The molecule has 1 heterocycles. The lowest BCUT2D eigenvalue weighted by molar-refractivity contribution is 0.0950. The Morgan fingerprint density at radius 3 is 2.55 bits per heavy atom. The van der Waals surface area contributed by atoms with Gasteiger partial charge >= 0.3 is 0 Å². The van der Waals surface area contributed by atoms with E-state index in [-0.39, 0.29) is 32.0 Å². The fraction of sp³-hybridized carbons (Fsp3) is 0.208. The normalized spacial score (nSPS) is 14.1. The number of amides is 1. The average molecular weight is 489 g/mol. The van der Waals surface area contributed by atoms with E-state index < -0.39 is 21.7 Å². The van der Waals surface area contributed by atoms with Crippen LogP contribution in [0.5, 0.6) is 5.75 Å². The maximum Gasteiger partial charge on any atom is 0.251 e. The fourth-order valence-electron chi connectivity index (χ4n) is 3.57. The Morgan fingerprint density at radius 1 is 1.06 bits per heavy atom. The summed E-state index contributed by atoms with van der Waals surface area (Å²) in [5.74, 6) is -0.496. The second-order valence-corrected chi connectivity index (χ2v) is 10.0. The van der Waals surface area contributed by atoms with Crippen molar-refractivity contribution in [2.24, 2.45) is 0 Å². The lowest BCUT2D eigenvalue weighted by Gasteiger charge is -2.20. The van der Waals surface area contributed by atoms with E-state index in [0.29, 0.717) is 33.0 Å². The van der Waals surface area contributed by atoms with Gasteiger partial charge in [0.05, 0.1) is 5.75 Å². The van der Waals surface area contributed by atoms with Crippen LogP contribution in [0.25, 0.3) is 0 Å². The molecule has 0 bridgehead atoms. The third-order valence-corrected chi connectivity index (χ3v) is 7.50. The third-order valence-electron chi connectivity index (χ3n) is 5.35. The Bertz CT molecular complexity index is 1280. The van der Waals surface area contributed by atoms with E-state index in [0.717, 1.165) is 0 Å². The third kappa shape index (κ3) is 5.52. The van der Waals surface area contributed by atoms with Crippen LogP contribution in [0.3, 0.4) is 0 Å². The largest absolute Gasteiger partial charge is 0.492 e. The van der Waals surface area contributed by atoms with Crippen molar-refractivity contribution in [3.05, 3.63) is 99.8 Å². The van der Waals surface area contributed by atoms with Crippen molar-refractivity contribution >= 4 is 27.5 Å². The van der Waals surface area contributed by atoms with Gasteiger partial charge in [0.2, 0.25) is 10.0 Å². The lowest BCUT2D eigenvalue weighted by Crippen LogP contribution is -2.33. The second kappa shape index (κ2) is 9.91. The monoisotopic (exact) mass is 488 g/mol. The van der Waals surface area contributed by atoms with E-state index in [1.165, 1.54) is 10.4 Å². The molecule has 9 heteroatoms. The van der Waals surface area contributed by atoms with E-state index in [9.17, 15) is 17.6 Å². The van der Waals surface area contributed by atoms with Crippen LogP contribution >= 0.6 is 11.6 Å². The first kappa shape index (κ1) is 23.2. The molecule has 3 aromatic rings. The van der Waals surface area contributed by atoms with E-state index in [1.807, 2.05) is 0 Å². The molecule has 1 aliphatic rings. The summed E-state index contributed by atoms with van der Waals surface area (Å²) in [6, 6.07) is 17.9. The standard InChI is InChI=1S/C24H22ClFN2O4S/c25-21-7-3-1-6-19(21)16-33(30,31)28-11-12-32-23-10-9-17(13-20(23)15-28)24(29)27-14-18-5-2-4-8-22(18)26/h1-10,13H,11-12,14-16H2,(H,27,29). The zero-order chi connectivity index (χ0) is 23.4. The zero-order valence-corrected chi connectivity index (χ0v) is 19.2. The van der Waals surface area contributed by atoms with Crippen molar-refractivity contribution in [3.8, 4) is 5.75 Å². The molecule has 0 aliphatic carbocycles. The predicted octanol–water partition coefficient (Wildman–Crippen LogP) is 4.13. The molecule has 33 heavy (non-hydrogen) atoms. The minimum Gasteiger partial charge on any atom is -0.492 e. The number of nitrogens with one attached hydrogen (secondary N) is 1. The lowest BCUT2D eigenvalue weighted by atomic mass is 10.1. The highest BCUT2D eigenvalue weighted by molar-refractivity contribution is 7.88. The summed E-state index contributed by atoms with van der Waals surface area (Å²) >= 11 is 6.15. The maximum atomic E-state index is 13.8. The first-order valence-electron chi connectivity index (χ1n) is 10.3. The Hall–Kier alpha value is -2.94. The van der Waals surface area contributed by atoms with Gasteiger partial charge in [0.15, 0.2) is 0 Å². The van der Waals surface area contributed by atoms with Gasteiger partial charge in [-0.05, 0) is 35.9 Å². The fourth-order valence-corrected chi connectivity index (χ4v) is 5.37. The highest BCUT2D eigenvalue weighted by Crippen LogP contribution is 2.27. The Kier molecular flexibility index (Phi) is 6.97. The minimum atomic E-state index is -3.68. The van der Waals surface area contributed by atoms with Crippen LogP contribution in [-0.2, 0) is 28.9 Å². The molecule has 0 atom stereocenters. The SMILES string of the molecule is O=C(NCc1ccccc1F)c1ccc2c(c1)CN(S(=O)(=O)Cc1ccccc1Cl)CCO2. The minimum absolute atomic E-state index is 0.0391. The van der Waals surface area contributed by atoms with Gasteiger partial charge in [-0.2, -0.15) is 4.31 Å². The van der Waals surface area contributed by atoms with Gasteiger partial charge in [0.1, 0.15) is 18.2 Å². The summed E-state index contributed by atoms with van der Waals surface area (Å²) in [6.45, 7) is 0.470. The summed E-state index contributed by atoms with van der Waals surface area (Å²) < 4.78 is 47.0. The quantitative estimate of drug-likeness (QED) is 0.566. The number of ether oxygens (including phenoxy) is 1. The number of nitrogens with zero attached hydrogens (tertiary/aromatic N) is 1. The van der Waals surface area contributed by atoms with Gasteiger partial charge in [-0.15, -0.1) is 0 Å². The summed E-state index contributed by atoms with van der Waals surface area (Å²) in [4.78, 5) is 12.6. The van der Waals surface area contributed by atoms with Crippen LogP contribution in [0.15, 0.2) is 66.7 Å². The van der Waals surface area contributed by atoms with Crippen molar-refractivity contribution in [3.63, 3.8) is 0 Å². The molecule has 0 unspecified atom stereocenters. The molecule has 0 saturated heterocycles. The highest BCUT2D eigenvalue weighted by atomic mass is 35.5. The molecular formula is C24H22ClFN2O4S. The van der Waals surface area contributed by atoms with Gasteiger partial charge in [-0.1, -0.05) is 48.0 Å². The molecule has 0 aromatic heterocycles. The number of carbonyl (C=O) groups excluding carboxylic acids is 1. The summed E-state index contributed by atoms with van der Waals surface area (Å²) in [6.07, 6.45) is 0. The number of benzene rings is 3. The van der Waals surface area contributed by atoms with Crippen LogP contribution in [0.2, 0.25) is 5.02 Å². The average Bonchev–Trinajstić information content (AvgIpc) is 3.02. The molecule has 1 N–H and O–H groups in total. The summed E-state index contributed by atoms with van der Waals surface area (Å²) in [5.41, 5.74) is 1.81. The van der Waals surface area contributed by atoms with Crippen LogP contribution in [0.1, 0.15) is 27.0 Å². The van der Waals surface area contributed by atoms with E-state index in [2.05, 4.69) is 5.32 Å². The first-order valence-corrected chi connectivity index (χ1v) is 12.3. The van der Waals surface area contributed by atoms with Gasteiger partial charge in [0, 0.05) is 41.3 Å². The van der Waals surface area contributed by atoms with E-state index in [1.54, 1.807) is 60.7 Å². The van der Waals surface area contributed by atoms with Crippen molar-refractivity contribution in [2.75, 3.05) is 13.2 Å². The number of rotatable bonds is 6. The molecule has 1 aliphatic heterocycles. The van der Waals surface area contributed by atoms with Gasteiger partial charge in [-0.25, -0.2) is 12.8 Å². The Morgan fingerprint density at radius 2 is 1.79 bits per heavy atom. The molecule has 0 saturated carbocycles. The Labute approximate surface area is 197 Å². The number of sulfonamides is 1. The predicted molar refractivity (Wildman–Crippen MR) is 124 cm³/mol. The van der Waals surface area contributed by atoms with Crippen LogP contribution < -0.4 is 10.1 Å². The number of fused-ring (bicyclic) bond motifs is 1. The summed E-state index contributed by atoms with van der Waals surface area (Å²) in [5, 5.41) is 3.08. The topological polar surface area (TPSA) is 75.7 Å². The number of hydrogen-bond acceptors (Lipinski definition) is 4. The molecule has 3 aromatic carbocycles. The molecule has 4 rings (SSSR count).